The molecule has 0 aliphatic carbocycles. The zero-order chi connectivity index (χ0) is 13.7. The summed E-state index contributed by atoms with van der Waals surface area (Å²) < 4.78 is 5.73. The lowest BCUT2D eigenvalue weighted by atomic mass is 10.2. The normalized spacial score (nSPS) is 11.7. The van der Waals surface area contributed by atoms with Gasteiger partial charge in [0.15, 0.2) is 5.75 Å². The Balaban J connectivity index is 2.19. The maximum Gasteiger partial charge on any atom is 0.241 e. The number of para-hydroxylation sites is 3. The largest absolute Gasteiger partial charge is 0.455 e. The number of amides is 1. The van der Waals surface area contributed by atoms with E-state index in [9.17, 15) is 4.79 Å². The van der Waals surface area contributed by atoms with Gasteiger partial charge in [0.25, 0.3) is 0 Å². The van der Waals surface area contributed by atoms with E-state index in [1.54, 1.807) is 19.1 Å². The second-order valence-corrected chi connectivity index (χ2v) is 4.19. The molecule has 4 nitrogen and oxygen atoms in total. The molecule has 0 aliphatic heterocycles. The van der Waals surface area contributed by atoms with Crippen molar-refractivity contribution in [2.75, 3.05) is 5.32 Å². The molecule has 0 radical (unpaired) electrons. The average Bonchev–Trinajstić information content (AvgIpc) is 2.42. The van der Waals surface area contributed by atoms with Crippen LogP contribution in [0.25, 0.3) is 0 Å². The molecular weight excluding hydrogens is 240 g/mol. The molecule has 0 bridgehead atoms. The van der Waals surface area contributed by atoms with Crippen LogP contribution < -0.4 is 15.8 Å². The lowest BCUT2D eigenvalue weighted by Crippen LogP contribution is -2.32. The van der Waals surface area contributed by atoms with Crippen molar-refractivity contribution in [2.24, 2.45) is 5.73 Å². The van der Waals surface area contributed by atoms with E-state index in [-0.39, 0.29) is 5.91 Å². The highest BCUT2D eigenvalue weighted by Gasteiger charge is 2.11. The van der Waals surface area contributed by atoms with Gasteiger partial charge >= 0.3 is 0 Å². The minimum atomic E-state index is -0.565. The molecule has 0 unspecified atom stereocenters. The SMILES string of the molecule is C[C@@H](N)C(=O)Nc1ccccc1Oc1ccccc1. The van der Waals surface area contributed by atoms with Gasteiger partial charge in [-0.1, -0.05) is 30.3 Å². The van der Waals surface area contributed by atoms with Crippen molar-refractivity contribution in [3.05, 3.63) is 54.6 Å². The fourth-order valence-corrected chi connectivity index (χ4v) is 1.52. The van der Waals surface area contributed by atoms with Gasteiger partial charge in [-0.25, -0.2) is 0 Å². The van der Waals surface area contributed by atoms with Crippen LogP contribution in [-0.2, 0) is 4.79 Å². The van der Waals surface area contributed by atoms with Crippen LogP contribution in [0.2, 0.25) is 0 Å². The number of hydrogen-bond donors (Lipinski definition) is 2. The lowest BCUT2D eigenvalue weighted by molar-refractivity contribution is -0.117. The molecule has 3 N–H and O–H groups in total. The summed E-state index contributed by atoms with van der Waals surface area (Å²) in [6, 6.07) is 16.1. The van der Waals surface area contributed by atoms with Crippen molar-refractivity contribution in [2.45, 2.75) is 13.0 Å². The van der Waals surface area contributed by atoms with E-state index in [0.717, 1.165) is 0 Å². The Kier molecular flexibility index (Phi) is 4.15. The van der Waals surface area contributed by atoms with Gasteiger partial charge in [0, 0.05) is 0 Å². The summed E-state index contributed by atoms with van der Waals surface area (Å²) >= 11 is 0. The number of benzene rings is 2. The third-order valence-corrected chi connectivity index (χ3v) is 2.53. The van der Waals surface area contributed by atoms with E-state index >= 15 is 0 Å². The summed E-state index contributed by atoms with van der Waals surface area (Å²) in [5.74, 6) is 1.05. The fraction of sp³-hybridized carbons (Fsp3) is 0.133. The third-order valence-electron chi connectivity index (χ3n) is 2.53. The van der Waals surface area contributed by atoms with Gasteiger partial charge in [0.1, 0.15) is 5.75 Å². The van der Waals surface area contributed by atoms with Crippen molar-refractivity contribution in [1.82, 2.24) is 0 Å². The third kappa shape index (κ3) is 3.56. The van der Waals surface area contributed by atoms with Gasteiger partial charge < -0.3 is 15.8 Å². The topological polar surface area (TPSA) is 64.4 Å². The molecule has 0 fully saturated rings. The van der Waals surface area contributed by atoms with E-state index in [0.29, 0.717) is 17.2 Å². The molecule has 0 spiro atoms. The molecule has 2 aromatic carbocycles. The Labute approximate surface area is 112 Å². The number of carbonyl (C=O) groups is 1. The van der Waals surface area contributed by atoms with Gasteiger partial charge in [-0.3, -0.25) is 4.79 Å². The quantitative estimate of drug-likeness (QED) is 0.884. The summed E-state index contributed by atoms with van der Waals surface area (Å²) in [5.41, 5.74) is 6.14. The summed E-state index contributed by atoms with van der Waals surface area (Å²) in [6.07, 6.45) is 0. The number of carbonyl (C=O) groups excluding carboxylic acids is 1. The number of nitrogens with one attached hydrogen (secondary N) is 1. The molecular formula is C15H16N2O2. The Morgan fingerprint density at radius 2 is 1.74 bits per heavy atom. The maximum absolute atomic E-state index is 11.6. The molecule has 98 valence electrons. The summed E-state index contributed by atoms with van der Waals surface area (Å²) in [6.45, 7) is 1.63. The zero-order valence-electron chi connectivity index (χ0n) is 10.7. The predicted octanol–water partition coefficient (Wildman–Crippen LogP) is 2.76. The molecule has 1 amide bonds. The van der Waals surface area contributed by atoms with Crippen molar-refractivity contribution >= 4 is 11.6 Å². The van der Waals surface area contributed by atoms with Gasteiger partial charge in [0.05, 0.1) is 11.7 Å². The molecule has 2 rings (SSSR count). The minimum Gasteiger partial charge on any atom is -0.455 e. The number of rotatable bonds is 4. The van der Waals surface area contributed by atoms with Crippen LogP contribution in [0, 0.1) is 0 Å². The first kappa shape index (κ1) is 13.1. The van der Waals surface area contributed by atoms with E-state index in [2.05, 4.69) is 5.32 Å². The molecule has 0 aromatic heterocycles. The van der Waals surface area contributed by atoms with Gasteiger partial charge in [-0.15, -0.1) is 0 Å². The zero-order valence-corrected chi connectivity index (χ0v) is 10.7. The molecule has 19 heavy (non-hydrogen) atoms. The second kappa shape index (κ2) is 6.02. The Hall–Kier alpha value is -2.33. The van der Waals surface area contributed by atoms with Crippen molar-refractivity contribution in [3.63, 3.8) is 0 Å². The summed E-state index contributed by atoms with van der Waals surface area (Å²) in [4.78, 5) is 11.6. The van der Waals surface area contributed by atoms with Crippen LogP contribution >= 0.6 is 0 Å². The summed E-state index contributed by atoms with van der Waals surface area (Å²) in [7, 11) is 0. The van der Waals surface area contributed by atoms with E-state index in [1.807, 2.05) is 42.5 Å². The molecule has 0 heterocycles. The van der Waals surface area contributed by atoms with Gasteiger partial charge in [-0.05, 0) is 31.2 Å². The fourth-order valence-electron chi connectivity index (χ4n) is 1.52. The first-order chi connectivity index (χ1) is 9.16. The standard InChI is InChI=1S/C15H16N2O2/c1-11(16)15(18)17-13-9-5-6-10-14(13)19-12-7-3-2-4-8-12/h2-11H,16H2,1H3,(H,17,18)/t11-/m1/s1. The van der Waals surface area contributed by atoms with Crippen LogP contribution in [-0.4, -0.2) is 11.9 Å². The van der Waals surface area contributed by atoms with E-state index in [1.165, 1.54) is 0 Å². The number of ether oxygens (including phenoxy) is 1. The second-order valence-electron chi connectivity index (χ2n) is 4.19. The Bertz CT molecular complexity index is 553. The van der Waals surface area contributed by atoms with Crippen LogP contribution in [0.5, 0.6) is 11.5 Å². The molecule has 2 aromatic rings. The Morgan fingerprint density at radius 3 is 2.42 bits per heavy atom. The van der Waals surface area contributed by atoms with Crippen LogP contribution in [0.15, 0.2) is 54.6 Å². The highest BCUT2D eigenvalue weighted by molar-refractivity contribution is 5.95. The van der Waals surface area contributed by atoms with E-state index in [4.69, 9.17) is 10.5 Å². The average molecular weight is 256 g/mol. The van der Waals surface area contributed by atoms with E-state index < -0.39 is 6.04 Å². The van der Waals surface area contributed by atoms with Crippen molar-refractivity contribution in [1.29, 1.82) is 0 Å². The first-order valence-corrected chi connectivity index (χ1v) is 6.05. The van der Waals surface area contributed by atoms with Gasteiger partial charge in [-0.2, -0.15) is 0 Å². The minimum absolute atomic E-state index is 0.246. The first-order valence-electron chi connectivity index (χ1n) is 6.05. The molecule has 0 saturated heterocycles. The monoisotopic (exact) mass is 256 g/mol. The van der Waals surface area contributed by atoms with Crippen molar-refractivity contribution in [3.8, 4) is 11.5 Å². The van der Waals surface area contributed by atoms with Crippen LogP contribution in [0.1, 0.15) is 6.92 Å². The number of anilines is 1. The highest BCUT2D eigenvalue weighted by Crippen LogP contribution is 2.28. The Morgan fingerprint density at radius 1 is 1.11 bits per heavy atom. The highest BCUT2D eigenvalue weighted by atomic mass is 16.5. The van der Waals surface area contributed by atoms with Gasteiger partial charge in [0.2, 0.25) is 5.91 Å². The lowest BCUT2D eigenvalue weighted by Gasteiger charge is -2.13. The smallest absolute Gasteiger partial charge is 0.241 e. The molecule has 1 atom stereocenters. The number of hydrogen-bond acceptors (Lipinski definition) is 3. The molecule has 0 saturated carbocycles. The molecule has 4 heteroatoms. The molecule has 0 aliphatic rings. The van der Waals surface area contributed by atoms with Crippen molar-refractivity contribution < 1.29 is 9.53 Å². The predicted molar refractivity (Wildman–Crippen MR) is 75.2 cm³/mol. The maximum atomic E-state index is 11.6. The van der Waals surface area contributed by atoms with Crippen LogP contribution in [0.4, 0.5) is 5.69 Å². The summed E-state index contributed by atoms with van der Waals surface area (Å²) in [5, 5.41) is 2.74. The number of nitrogens with two attached hydrogens (primary N) is 1. The van der Waals surface area contributed by atoms with Crippen LogP contribution in [0.3, 0.4) is 0 Å².